The Kier molecular flexibility index (Phi) is 2.99. The Morgan fingerprint density at radius 2 is 2.13 bits per heavy atom. The molecule has 1 aromatic rings. The fourth-order valence-corrected chi connectivity index (χ4v) is 1.14. The summed E-state index contributed by atoms with van der Waals surface area (Å²) in [7, 11) is 1.38. The summed E-state index contributed by atoms with van der Waals surface area (Å²) in [6, 6.07) is 0. The number of carbonyl (C=O) groups excluding carboxylic acids is 1. The van der Waals surface area contributed by atoms with Crippen LogP contribution in [0.2, 0.25) is 0 Å². The molecule has 0 amide bonds. The van der Waals surface area contributed by atoms with Crippen molar-refractivity contribution in [2.45, 2.75) is 13.5 Å². The topological polar surface area (TPSA) is 74.0 Å². The van der Waals surface area contributed by atoms with Gasteiger partial charge in [-0.1, -0.05) is 6.08 Å². The third-order valence-electron chi connectivity index (χ3n) is 1.85. The molecule has 1 heterocycles. The minimum atomic E-state index is -0.675. The number of hydrogen-bond acceptors (Lipinski definition) is 4. The molecule has 0 unspecified atom stereocenters. The van der Waals surface area contributed by atoms with Gasteiger partial charge in [-0.05, 0) is 0 Å². The average Bonchev–Trinajstić information content (AvgIpc) is 2.18. The van der Waals surface area contributed by atoms with E-state index in [9.17, 15) is 14.4 Å². The molecule has 0 aliphatic carbocycles. The van der Waals surface area contributed by atoms with E-state index in [0.29, 0.717) is 0 Å². The lowest BCUT2D eigenvalue weighted by molar-refractivity contribution is 0.100. The van der Waals surface area contributed by atoms with Crippen molar-refractivity contribution < 1.29 is 4.79 Å². The van der Waals surface area contributed by atoms with Gasteiger partial charge in [0.2, 0.25) is 0 Å². The van der Waals surface area contributed by atoms with Crippen LogP contribution in [0.5, 0.6) is 0 Å². The number of allylic oxidation sites excluding steroid dienone is 1. The molecule has 80 valence electrons. The van der Waals surface area contributed by atoms with E-state index in [1.54, 1.807) is 0 Å². The number of rotatable bonds is 3. The first-order valence-electron chi connectivity index (χ1n) is 4.29. The molecular weight excluding hydrogens is 198 g/mol. The zero-order valence-corrected chi connectivity index (χ0v) is 8.56. The maximum Gasteiger partial charge on any atom is 0.347 e. The van der Waals surface area contributed by atoms with Gasteiger partial charge in [-0.15, -0.1) is 6.58 Å². The summed E-state index contributed by atoms with van der Waals surface area (Å²) in [5.41, 5.74) is -1.48. The Labute approximate surface area is 85.5 Å². The van der Waals surface area contributed by atoms with Crippen LogP contribution >= 0.6 is 0 Å². The predicted molar refractivity (Wildman–Crippen MR) is 53.9 cm³/mol. The number of ketones is 1. The van der Waals surface area contributed by atoms with Crippen LogP contribution in [-0.2, 0) is 13.6 Å². The number of Topliss-reactive ketones (excluding diaryl/α,β-unsaturated/α-hetero) is 1. The van der Waals surface area contributed by atoms with Crippen molar-refractivity contribution in [2.75, 3.05) is 0 Å². The van der Waals surface area contributed by atoms with E-state index >= 15 is 0 Å². The Bertz CT molecular complexity index is 524. The lowest BCUT2D eigenvalue weighted by atomic mass is 10.3. The molecule has 0 radical (unpaired) electrons. The average molecular weight is 209 g/mol. The maximum atomic E-state index is 11.6. The normalized spacial score (nSPS) is 10.0. The zero-order chi connectivity index (χ0) is 11.6. The van der Waals surface area contributed by atoms with Gasteiger partial charge in [0.1, 0.15) is 0 Å². The van der Waals surface area contributed by atoms with Crippen LogP contribution in [0.25, 0.3) is 0 Å². The minimum absolute atomic E-state index is 0.0638. The molecule has 0 fully saturated rings. The lowest BCUT2D eigenvalue weighted by Gasteiger charge is -2.04. The number of hydrogen-bond donors (Lipinski definition) is 0. The molecule has 0 aromatic carbocycles. The zero-order valence-electron chi connectivity index (χ0n) is 8.56. The molecule has 6 nitrogen and oxygen atoms in total. The third kappa shape index (κ3) is 1.93. The number of nitrogens with zero attached hydrogens (tertiary/aromatic N) is 3. The number of aryl methyl sites for hydroxylation is 1. The van der Waals surface area contributed by atoms with Gasteiger partial charge in [-0.3, -0.25) is 14.2 Å². The molecule has 0 bridgehead atoms. The van der Waals surface area contributed by atoms with E-state index in [4.69, 9.17) is 0 Å². The second-order valence-corrected chi connectivity index (χ2v) is 3.02. The summed E-state index contributed by atoms with van der Waals surface area (Å²) >= 11 is 0. The van der Waals surface area contributed by atoms with Gasteiger partial charge in [0.25, 0.3) is 5.56 Å². The molecule has 0 aliphatic rings. The van der Waals surface area contributed by atoms with Crippen LogP contribution in [0.15, 0.2) is 22.2 Å². The summed E-state index contributed by atoms with van der Waals surface area (Å²) in [6.07, 6.45) is 1.41. The van der Waals surface area contributed by atoms with Gasteiger partial charge < -0.3 is 0 Å². The molecular formula is C9H11N3O3. The van der Waals surface area contributed by atoms with Crippen molar-refractivity contribution in [3.63, 3.8) is 0 Å². The van der Waals surface area contributed by atoms with Gasteiger partial charge in [-0.2, -0.15) is 5.10 Å². The van der Waals surface area contributed by atoms with Crippen LogP contribution in [0.3, 0.4) is 0 Å². The largest absolute Gasteiger partial charge is 0.347 e. The van der Waals surface area contributed by atoms with Crippen LogP contribution < -0.4 is 11.2 Å². The van der Waals surface area contributed by atoms with Gasteiger partial charge in [0.15, 0.2) is 11.5 Å². The quantitative estimate of drug-likeness (QED) is 0.489. The second-order valence-electron chi connectivity index (χ2n) is 3.02. The molecule has 0 aliphatic heterocycles. The predicted octanol–water partition coefficient (Wildman–Crippen LogP) is -0.669. The Morgan fingerprint density at radius 3 is 2.60 bits per heavy atom. The van der Waals surface area contributed by atoms with Crippen LogP contribution in [-0.4, -0.2) is 20.1 Å². The Balaban J connectivity index is 3.63. The lowest BCUT2D eigenvalue weighted by Crippen LogP contribution is -2.43. The number of aromatic nitrogens is 3. The Hall–Kier alpha value is -1.98. The highest BCUT2D eigenvalue weighted by Gasteiger charge is 2.13. The van der Waals surface area contributed by atoms with Crippen molar-refractivity contribution in [1.29, 1.82) is 0 Å². The summed E-state index contributed by atoms with van der Waals surface area (Å²) in [5.74, 6) is -0.464. The van der Waals surface area contributed by atoms with Crippen LogP contribution in [0.4, 0.5) is 0 Å². The van der Waals surface area contributed by atoms with E-state index in [1.807, 2.05) is 0 Å². The molecule has 0 spiro atoms. The third-order valence-corrected chi connectivity index (χ3v) is 1.85. The van der Waals surface area contributed by atoms with Crippen molar-refractivity contribution in [3.05, 3.63) is 39.2 Å². The van der Waals surface area contributed by atoms with Crippen molar-refractivity contribution in [1.82, 2.24) is 14.3 Å². The van der Waals surface area contributed by atoms with Crippen molar-refractivity contribution >= 4 is 5.78 Å². The highest BCUT2D eigenvalue weighted by molar-refractivity contribution is 5.91. The summed E-state index contributed by atoms with van der Waals surface area (Å²) in [5, 5.41) is 3.60. The van der Waals surface area contributed by atoms with Crippen molar-refractivity contribution in [2.24, 2.45) is 7.05 Å². The van der Waals surface area contributed by atoms with E-state index in [1.165, 1.54) is 20.0 Å². The van der Waals surface area contributed by atoms with Crippen molar-refractivity contribution in [3.8, 4) is 0 Å². The van der Waals surface area contributed by atoms with Crippen LogP contribution in [0.1, 0.15) is 17.4 Å². The highest BCUT2D eigenvalue weighted by Crippen LogP contribution is 1.84. The highest BCUT2D eigenvalue weighted by atomic mass is 16.2. The molecule has 0 N–H and O–H groups in total. The summed E-state index contributed by atoms with van der Waals surface area (Å²) in [4.78, 5) is 34.1. The molecule has 1 rings (SSSR count). The first-order valence-corrected chi connectivity index (χ1v) is 4.29. The maximum absolute atomic E-state index is 11.6. The smallest absolute Gasteiger partial charge is 0.292 e. The Morgan fingerprint density at radius 1 is 1.53 bits per heavy atom. The standard InChI is InChI=1S/C9H11N3O3/c1-4-5-12-8(14)7(6(2)13)10-11(3)9(12)15/h4H,1,5H2,2-3H3. The molecule has 0 atom stereocenters. The van der Waals surface area contributed by atoms with E-state index in [0.717, 1.165) is 9.25 Å². The number of carbonyl (C=O) groups is 1. The molecule has 0 saturated heterocycles. The second kappa shape index (κ2) is 4.04. The fraction of sp³-hybridized carbons (Fsp3) is 0.333. The van der Waals surface area contributed by atoms with E-state index < -0.39 is 17.0 Å². The minimum Gasteiger partial charge on any atom is -0.292 e. The van der Waals surface area contributed by atoms with E-state index in [2.05, 4.69) is 11.7 Å². The van der Waals surface area contributed by atoms with Gasteiger partial charge in [-0.25, -0.2) is 9.48 Å². The molecule has 6 heteroatoms. The fourth-order valence-electron chi connectivity index (χ4n) is 1.14. The molecule has 15 heavy (non-hydrogen) atoms. The summed E-state index contributed by atoms with van der Waals surface area (Å²) in [6.45, 7) is 4.72. The van der Waals surface area contributed by atoms with E-state index in [-0.39, 0.29) is 12.2 Å². The first kappa shape index (κ1) is 11.1. The summed E-state index contributed by atoms with van der Waals surface area (Å²) < 4.78 is 1.87. The van der Waals surface area contributed by atoms with Gasteiger partial charge in [0, 0.05) is 20.5 Å². The monoisotopic (exact) mass is 209 g/mol. The molecule has 0 saturated carbocycles. The first-order chi connectivity index (χ1) is 6.99. The van der Waals surface area contributed by atoms with Crippen LogP contribution in [0, 0.1) is 0 Å². The van der Waals surface area contributed by atoms with Gasteiger partial charge in [0.05, 0.1) is 0 Å². The SMILES string of the molecule is C=CCn1c(=O)c(C(C)=O)nn(C)c1=O. The van der Waals surface area contributed by atoms with Gasteiger partial charge >= 0.3 is 5.69 Å². The molecule has 1 aromatic heterocycles.